The minimum absolute atomic E-state index is 0.163. The van der Waals surface area contributed by atoms with Gasteiger partial charge in [0.05, 0.1) is 47.4 Å². The zero-order chi connectivity index (χ0) is 25.3. The lowest BCUT2D eigenvalue weighted by molar-refractivity contribution is -0.120. The fourth-order valence-electron chi connectivity index (χ4n) is 4.08. The molecule has 0 fully saturated rings. The Morgan fingerprint density at radius 1 is 1.14 bits per heavy atom. The molecule has 184 valence electrons. The summed E-state index contributed by atoms with van der Waals surface area (Å²) >= 11 is 6.56. The first-order chi connectivity index (χ1) is 17.3. The highest BCUT2D eigenvalue weighted by atomic mass is 35.5. The van der Waals surface area contributed by atoms with E-state index in [2.05, 4.69) is 48.4 Å². The van der Waals surface area contributed by atoms with Crippen LogP contribution in [0.5, 0.6) is 11.8 Å². The van der Waals surface area contributed by atoms with E-state index in [0.717, 1.165) is 18.6 Å². The molecule has 0 saturated heterocycles. The summed E-state index contributed by atoms with van der Waals surface area (Å²) in [5, 5.41) is 3.32. The minimum atomic E-state index is -0.708. The van der Waals surface area contributed by atoms with Gasteiger partial charge in [-0.15, -0.1) is 0 Å². The Hall–Kier alpha value is -3.82. The molecule has 5 rings (SSSR count). The first kappa shape index (κ1) is 23.9. The van der Waals surface area contributed by atoms with Crippen molar-refractivity contribution in [2.24, 2.45) is 0 Å². The van der Waals surface area contributed by atoms with Crippen LogP contribution in [0.15, 0.2) is 48.8 Å². The second-order valence-corrected chi connectivity index (χ2v) is 9.42. The summed E-state index contributed by atoms with van der Waals surface area (Å²) in [4.78, 5) is 32.3. The highest BCUT2D eigenvalue weighted by Gasteiger charge is 2.24. The third-order valence-electron chi connectivity index (χ3n) is 5.79. The Bertz CT molecular complexity index is 1450. The lowest BCUT2D eigenvalue weighted by Gasteiger charge is -2.23. The minimum Gasteiger partial charge on any atom is -0.422 e. The number of pyridine rings is 1. The molecule has 0 saturated carbocycles. The lowest BCUT2D eigenvalue weighted by atomic mass is 9.99. The average Bonchev–Trinajstić information content (AvgIpc) is 3.24. The Balaban J connectivity index is 1.35. The fourth-order valence-corrected chi connectivity index (χ4v) is 4.34. The summed E-state index contributed by atoms with van der Waals surface area (Å²) in [6.07, 6.45) is 6.07. The second kappa shape index (κ2) is 9.67. The van der Waals surface area contributed by atoms with E-state index in [1.807, 2.05) is 26.0 Å². The molecule has 4 heterocycles. The molecule has 9 nitrogen and oxygen atoms in total. The Morgan fingerprint density at radius 3 is 2.53 bits per heavy atom. The second-order valence-electron chi connectivity index (χ2n) is 9.01. The number of aromatic nitrogens is 5. The van der Waals surface area contributed by atoms with Crippen LogP contribution in [0.25, 0.3) is 28.0 Å². The molecular formula is C26H25ClN6O3. The first-order valence-corrected chi connectivity index (χ1v) is 11.9. The van der Waals surface area contributed by atoms with Gasteiger partial charge in [0.15, 0.2) is 17.2 Å². The monoisotopic (exact) mass is 504 g/mol. The molecule has 0 bridgehead atoms. The molecule has 0 spiro atoms. The maximum absolute atomic E-state index is 11.4. The van der Waals surface area contributed by atoms with E-state index in [-0.39, 0.29) is 11.9 Å². The van der Waals surface area contributed by atoms with Gasteiger partial charge in [-0.05, 0) is 37.5 Å². The standard InChI is InChI=1S/C26H25ClN6O3/c1-15(34)33-26(2,3)24-28-13-19(14-29-24)36-25-30-21-12-20(27)22(31-23(21)32-25)18-6-4-16(5-7-18)17-8-10-35-11-9-17/h4-8,12-14H,9-11H2,1-3H3,(H,33,34)(H,30,31,32). The molecule has 0 aliphatic carbocycles. The zero-order valence-corrected chi connectivity index (χ0v) is 20.9. The van der Waals surface area contributed by atoms with Gasteiger partial charge >= 0.3 is 6.01 Å². The number of carbonyl (C=O) groups is 1. The third-order valence-corrected chi connectivity index (χ3v) is 6.08. The Morgan fingerprint density at radius 2 is 1.86 bits per heavy atom. The molecule has 1 aromatic carbocycles. The molecule has 4 aromatic rings. The smallest absolute Gasteiger partial charge is 0.301 e. The normalized spacial score (nSPS) is 13.9. The lowest BCUT2D eigenvalue weighted by Crippen LogP contribution is -2.41. The molecule has 1 aliphatic heterocycles. The van der Waals surface area contributed by atoms with Gasteiger partial charge in [0.2, 0.25) is 5.91 Å². The summed E-state index contributed by atoms with van der Waals surface area (Å²) in [5.41, 5.74) is 4.41. The number of hydrogen-bond acceptors (Lipinski definition) is 7. The van der Waals surface area contributed by atoms with Crippen LogP contribution in [-0.2, 0) is 15.1 Å². The van der Waals surface area contributed by atoms with Crippen LogP contribution in [0.4, 0.5) is 0 Å². The van der Waals surface area contributed by atoms with Gasteiger partial charge in [0.1, 0.15) is 0 Å². The van der Waals surface area contributed by atoms with E-state index < -0.39 is 5.54 Å². The molecule has 1 aliphatic rings. The van der Waals surface area contributed by atoms with Gasteiger partial charge in [-0.3, -0.25) is 4.79 Å². The van der Waals surface area contributed by atoms with E-state index in [9.17, 15) is 4.79 Å². The van der Waals surface area contributed by atoms with Crippen LogP contribution in [0.2, 0.25) is 5.02 Å². The molecule has 0 atom stereocenters. The highest BCUT2D eigenvalue weighted by molar-refractivity contribution is 6.33. The number of nitrogens with one attached hydrogen (secondary N) is 2. The van der Waals surface area contributed by atoms with Crippen molar-refractivity contribution in [1.82, 2.24) is 30.2 Å². The van der Waals surface area contributed by atoms with Crippen molar-refractivity contribution >= 4 is 34.2 Å². The van der Waals surface area contributed by atoms with Crippen molar-refractivity contribution in [3.8, 4) is 23.0 Å². The van der Waals surface area contributed by atoms with Crippen molar-refractivity contribution < 1.29 is 14.3 Å². The number of carbonyl (C=O) groups excluding carboxylic acids is 1. The molecule has 0 unspecified atom stereocenters. The summed E-state index contributed by atoms with van der Waals surface area (Å²) < 4.78 is 11.2. The number of halogens is 1. The quantitative estimate of drug-likeness (QED) is 0.378. The SMILES string of the molecule is CC(=O)NC(C)(C)c1ncc(Oc2nc3nc(-c4ccc(C5=CCOCC5)cc4)c(Cl)cc3[nH]2)cn1. The molecule has 1 amide bonds. The van der Waals surface area contributed by atoms with E-state index in [0.29, 0.717) is 40.1 Å². The zero-order valence-electron chi connectivity index (χ0n) is 20.1. The number of amides is 1. The highest BCUT2D eigenvalue weighted by Crippen LogP contribution is 2.32. The van der Waals surface area contributed by atoms with Crippen molar-refractivity contribution in [3.05, 3.63) is 65.2 Å². The van der Waals surface area contributed by atoms with E-state index in [1.165, 1.54) is 30.5 Å². The third kappa shape index (κ3) is 5.07. The molecule has 3 aromatic heterocycles. The maximum Gasteiger partial charge on any atom is 0.301 e. The number of H-pyrrole nitrogens is 1. The van der Waals surface area contributed by atoms with E-state index >= 15 is 0 Å². The summed E-state index contributed by atoms with van der Waals surface area (Å²) in [7, 11) is 0. The molecular weight excluding hydrogens is 480 g/mol. The van der Waals surface area contributed by atoms with Gasteiger partial charge in [-0.2, -0.15) is 4.98 Å². The Kier molecular flexibility index (Phi) is 6.42. The van der Waals surface area contributed by atoms with Crippen molar-refractivity contribution in [1.29, 1.82) is 0 Å². The van der Waals surface area contributed by atoms with Gasteiger partial charge in [0, 0.05) is 12.5 Å². The first-order valence-electron chi connectivity index (χ1n) is 11.5. The number of aromatic amines is 1. The van der Waals surface area contributed by atoms with Crippen molar-refractivity contribution in [2.75, 3.05) is 13.2 Å². The maximum atomic E-state index is 11.4. The Labute approximate surface area is 213 Å². The van der Waals surface area contributed by atoms with Gasteiger partial charge in [-0.1, -0.05) is 41.9 Å². The fraction of sp³-hybridized carbons (Fsp3) is 0.269. The number of imidazole rings is 1. The van der Waals surface area contributed by atoms with Crippen molar-refractivity contribution in [2.45, 2.75) is 32.7 Å². The van der Waals surface area contributed by atoms with Crippen LogP contribution in [0, 0.1) is 0 Å². The van der Waals surface area contributed by atoms with Crippen LogP contribution < -0.4 is 10.1 Å². The van der Waals surface area contributed by atoms with Crippen LogP contribution >= 0.6 is 11.6 Å². The van der Waals surface area contributed by atoms with Crippen LogP contribution in [0.1, 0.15) is 38.6 Å². The largest absolute Gasteiger partial charge is 0.422 e. The number of ether oxygens (including phenoxy) is 2. The predicted molar refractivity (Wildman–Crippen MR) is 137 cm³/mol. The van der Waals surface area contributed by atoms with E-state index in [1.54, 1.807) is 6.07 Å². The number of rotatable bonds is 6. The number of fused-ring (bicyclic) bond motifs is 1. The van der Waals surface area contributed by atoms with Gasteiger partial charge in [-0.25, -0.2) is 15.0 Å². The number of benzene rings is 1. The van der Waals surface area contributed by atoms with Crippen LogP contribution in [0.3, 0.4) is 0 Å². The van der Waals surface area contributed by atoms with E-state index in [4.69, 9.17) is 21.1 Å². The van der Waals surface area contributed by atoms with Crippen molar-refractivity contribution in [3.63, 3.8) is 0 Å². The molecule has 36 heavy (non-hydrogen) atoms. The predicted octanol–water partition coefficient (Wildman–Crippen LogP) is 5.04. The molecule has 0 radical (unpaired) electrons. The summed E-state index contributed by atoms with van der Waals surface area (Å²) in [6.45, 7) is 6.49. The molecule has 10 heteroatoms. The number of nitrogens with zero attached hydrogens (tertiary/aromatic N) is 4. The van der Waals surface area contributed by atoms with Gasteiger partial charge < -0.3 is 19.8 Å². The topological polar surface area (TPSA) is 115 Å². The summed E-state index contributed by atoms with van der Waals surface area (Å²) in [5.74, 6) is 0.692. The van der Waals surface area contributed by atoms with Crippen LogP contribution in [-0.4, -0.2) is 44.0 Å². The average molecular weight is 505 g/mol. The van der Waals surface area contributed by atoms with Gasteiger partial charge in [0.25, 0.3) is 0 Å². The number of hydrogen-bond donors (Lipinski definition) is 2. The summed E-state index contributed by atoms with van der Waals surface area (Å²) in [6, 6.07) is 10.2. The molecule has 2 N–H and O–H groups in total.